The van der Waals surface area contributed by atoms with Gasteiger partial charge in [-0.1, -0.05) is 46.3 Å². The Hall–Kier alpha value is -1.44. The van der Waals surface area contributed by atoms with E-state index in [1.807, 2.05) is 19.9 Å². The van der Waals surface area contributed by atoms with Gasteiger partial charge >= 0.3 is 0 Å². The summed E-state index contributed by atoms with van der Waals surface area (Å²) in [4.78, 5) is 25.3. The summed E-state index contributed by atoms with van der Waals surface area (Å²) >= 11 is 0. The number of Topliss-reactive ketones (excluding diaryl/α,β-unsaturated/α-hetero) is 1. The normalized spacial score (nSPS) is 31.2. The molecule has 0 N–H and O–H groups in total. The van der Waals surface area contributed by atoms with Crippen molar-refractivity contribution >= 4 is 11.6 Å². The van der Waals surface area contributed by atoms with Gasteiger partial charge in [-0.2, -0.15) is 0 Å². The zero-order valence-electron chi connectivity index (χ0n) is 13.4. The minimum absolute atomic E-state index is 0.0673. The van der Waals surface area contributed by atoms with Gasteiger partial charge in [-0.25, -0.2) is 0 Å². The Kier molecular flexibility index (Phi) is 3.31. The second kappa shape index (κ2) is 4.79. The predicted octanol–water partition coefficient (Wildman–Crippen LogP) is 4.03. The van der Waals surface area contributed by atoms with Crippen LogP contribution < -0.4 is 0 Å². The Labute approximate surface area is 127 Å². The topological polar surface area (TPSA) is 34.1 Å². The first-order chi connectivity index (χ1) is 9.83. The summed E-state index contributed by atoms with van der Waals surface area (Å²) in [5.74, 6) is 0.860. The predicted molar refractivity (Wildman–Crippen MR) is 83.7 cm³/mol. The largest absolute Gasteiger partial charge is 0.290 e. The van der Waals surface area contributed by atoms with E-state index in [-0.39, 0.29) is 28.8 Å². The van der Waals surface area contributed by atoms with E-state index in [2.05, 4.69) is 19.9 Å². The molecule has 2 nitrogen and oxygen atoms in total. The van der Waals surface area contributed by atoms with Crippen molar-refractivity contribution in [3.8, 4) is 0 Å². The lowest BCUT2D eigenvalue weighted by molar-refractivity contribution is -0.116. The molecular weight excluding hydrogens is 260 g/mol. The van der Waals surface area contributed by atoms with Crippen LogP contribution in [0.4, 0.5) is 0 Å². The molecule has 0 heterocycles. The zero-order chi connectivity index (χ0) is 15.4. The van der Waals surface area contributed by atoms with Crippen LogP contribution in [0, 0.1) is 23.2 Å². The first-order valence-electron chi connectivity index (χ1n) is 8.06. The first kappa shape index (κ1) is 14.5. The van der Waals surface area contributed by atoms with Crippen molar-refractivity contribution < 1.29 is 9.59 Å². The summed E-state index contributed by atoms with van der Waals surface area (Å²) in [6.07, 6.45) is 9.08. The molecule has 21 heavy (non-hydrogen) atoms. The lowest BCUT2D eigenvalue weighted by Gasteiger charge is -2.45. The van der Waals surface area contributed by atoms with Gasteiger partial charge in [-0.15, -0.1) is 0 Å². The van der Waals surface area contributed by atoms with E-state index >= 15 is 0 Å². The van der Waals surface area contributed by atoms with Crippen LogP contribution >= 0.6 is 0 Å². The average Bonchev–Trinajstić information content (AvgIpc) is 2.41. The summed E-state index contributed by atoms with van der Waals surface area (Å²) in [6, 6.07) is 0. The fraction of sp³-hybridized carbons (Fsp3) is 0.579. The minimum Gasteiger partial charge on any atom is -0.290 e. The van der Waals surface area contributed by atoms with E-state index < -0.39 is 0 Å². The fourth-order valence-electron chi connectivity index (χ4n) is 4.26. The molecule has 0 radical (unpaired) electrons. The van der Waals surface area contributed by atoms with Crippen molar-refractivity contribution in [1.29, 1.82) is 0 Å². The Bertz CT molecular complexity index is 599. The molecule has 3 rings (SSSR count). The van der Waals surface area contributed by atoms with Crippen LogP contribution in [0.1, 0.15) is 47.0 Å². The first-order valence-corrected chi connectivity index (χ1v) is 8.06. The van der Waals surface area contributed by atoms with Gasteiger partial charge < -0.3 is 0 Å². The molecule has 0 amide bonds. The second-order valence-electron chi connectivity index (χ2n) is 7.65. The molecule has 1 fully saturated rings. The third kappa shape index (κ3) is 2.16. The molecule has 2 heteroatoms. The maximum atomic E-state index is 12.7. The Balaban J connectivity index is 2.04. The van der Waals surface area contributed by atoms with E-state index in [9.17, 15) is 9.59 Å². The molecule has 112 valence electrons. The van der Waals surface area contributed by atoms with Crippen LogP contribution in [-0.4, -0.2) is 11.6 Å². The Morgan fingerprint density at radius 1 is 1.24 bits per heavy atom. The fourth-order valence-corrected chi connectivity index (χ4v) is 4.26. The molecule has 3 aliphatic carbocycles. The summed E-state index contributed by atoms with van der Waals surface area (Å²) in [5.41, 5.74) is 2.34. The van der Waals surface area contributed by atoms with Crippen molar-refractivity contribution in [3.05, 3.63) is 34.9 Å². The van der Waals surface area contributed by atoms with Crippen molar-refractivity contribution in [3.63, 3.8) is 0 Å². The molecule has 0 aromatic carbocycles. The highest BCUT2D eigenvalue weighted by atomic mass is 16.1. The van der Waals surface area contributed by atoms with Crippen LogP contribution in [0.5, 0.6) is 0 Å². The summed E-state index contributed by atoms with van der Waals surface area (Å²) in [5, 5.41) is 0. The van der Waals surface area contributed by atoms with E-state index in [0.717, 1.165) is 18.4 Å². The number of rotatable bonds is 1. The van der Waals surface area contributed by atoms with Gasteiger partial charge in [-0.05, 0) is 42.1 Å². The second-order valence-corrected chi connectivity index (χ2v) is 7.65. The van der Waals surface area contributed by atoms with Crippen molar-refractivity contribution in [2.75, 3.05) is 0 Å². The van der Waals surface area contributed by atoms with Crippen LogP contribution in [0.2, 0.25) is 0 Å². The number of carbonyl (C=O) groups excluding carboxylic acids is 2. The maximum Gasteiger partial charge on any atom is 0.189 e. The van der Waals surface area contributed by atoms with E-state index in [1.165, 1.54) is 6.42 Å². The van der Waals surface area contributed by atoms with Gasteiger partial charge in [0, 0.05) is 16.7 Å². The number of hydrogen-bond donors (Lipinski definition) is 0. The third-order valence-electron chi connectivity index (χ3n) is 5.48. The lowest BCUT2D eigenvalue weighted by atomic mass is 9.58. The lowest BCUT2D eigenvalue weighted by Crippen LogP contribution is -2.39. The van der Waals surface area contributed by atoms with Crippen LogP contribution in [0.3, 0.4) is 0 Å². The highest BCUT2D eigenvalue weighted by Gasteiger charge is 2.44. The summed E-state index contributed by atoms with van der Waals surface area (Å²) in [7, 11) is 0. The number of carbonyl (C=O) groups is 2. The smallest absolute Gasteiger partial charge is 0.189 e. The van der Waals surface area contributed by atoms with E-state index in [1.54, 1.807) is 6.08 Å². The van der Waals surface area contributed by atoms with Gasteiger partial charge in [0.15, 0.2) is 11.6 Å². The summed E-state index contributed by atoms with van der Waals surface area (Å²) < 4.78 is 0. The van der Waals surface area contributed by atoms with Gasteiger partial charge in [0.2, 0.25) is 0 Å². The standard InChI is InChI=1S/C19H24O2/c1-11(2)14-10-16(20)17-12-6-5-9-19(3,4)15(12)8-7-13(17)18(14)21/h7-8,10-12,15H,5-6,9H2,1-4H3/t12-,15+/m0/s1. The molecule has 1 saturated carbocycles. The molecule has 0 aliphatic heterocycles. The molecule has 0 unspecified atom stereocenters. The monoisotopic (exact) mass is 284 g/mol. The molecule has 2 atom stereocenters. The zero-order valence-corrected chi connectivity index (χ0v) is 13.4. The van der Waals surface area contributed by atoms with Gasteiger partial charge in [0.25, 0.3) is 0 Å². The van der Waals surface area contributed by atoms with Crippen molar-refractivity contribution in [1.82, 2.24) is 0 Å². The molecular formula is C19H24O2. The number of fused-ring (bicyclic) bond motifs is 2. The molecule has 0 aromatic rings. The third-order valence-corrected chi connectivity index (χ3v) is 5.48. The molecule has 0 spiro atoms. The van der Waals surface area contributed by atoms with Crippen LogP contribution in [-0.2, 0) is 9.59 Å². The van der Waals surface area contributed by atoms with Gasteiger partial charge in [0.05, 0.1) is 0 Å². The Morgan fingerprint density at radius 3 is 2.62 bits per heavy atom. The highest BCUT2D eigenvalue weighted by Crippen LogP contribution is 2.51. The molecule has 3 aliphatic rings. The highest BCUT2D eigenvalue weighted by molar-refractivity contribution is 6.24. The number of allylic oxidation sites excluding steroid dienone is 6. The van der Waals surface area contributed by atoms with Gasteiger partial charge in [-0.3, -0.25) is 9.59 Å². The number of hydrogen-bond acceptors (Lipinski definition) is 2. The van der Waals surface area contributed by atoms with Crippen molar-refractivity contribution in [2.45, 2.75) is 47.0 Å². The van der Waals surface area contributed by atoms with Crippen LogP contribution in [0.15, 0.2) is 34.9 Å². The minimum atomic E-state index is 0.0673. The van der Waals surface area contributed by atoms with Crippen LogP contribution in [0.25, 0.3) is 0 Å². The molecule has 0 bridgehead atoms. The number of ketones is 2. The molecule has 0 saturated heterocycles. The summed E-state index contributed by atoms with van der Waals surface area (Å²) in [6.45, 7) is 8.51. The quantitative estimate of drug-likeness (QED) is 0.681. The maximum absolute atomic E-state index is 12.7. The van der Waals surface area contributed by atoms with Crippen molar-refractivity contribution in [2.24, 2.45) is 23.2 Å². The average molecular weight is 284 g/mol. The van der Waals surface area contributed by atoms with Gasteiger partial charge in [0.1, 0.15) is 0 Å². The molecule has 0 aromatic heterocycles. The van der Waals surface area contributed by atoms with E-state index in [0.29, 0.717) is 17.1 Å². The Morgan fingerprint density at radius 2 is 1.95 bits per heavy atom. The SMILES string of the molecule is CC(C)C1=CC(=O)C2=C(C=C[C@@H]3[C@@H]2CCCC3(C)C)C1=O. The van der Waals surface area contributed by atoms with E-state index in [4.69, 9.17) is 0 Å².